The van der Waals surface area contributed by atoms with Crippen LogP contribution in [0.15, 0.2) is 109 Å². The summed E-state index contributed by atoms with van der Waals surface area (Å²) < 4.78 is 16.7. The molecule has 0 spiro atoms. The Bertz CT molecular complexity index is 1330. The lowest BCUT2D eigenvalue weighted by Crippen LogP contribution is -2.30. The lowest BCUT2D eigenvalue weighted by atomic mass is 10.1. The Morgan fingerprint density at radius 3 is 1.22 bits per heavy atom. The molecule has 63 heavy (non-hydrogen) atoms. The number of esters is 3. The molecule has 1 unspecified atom stereocenters. The van der Waals surface area contributed by atoms with E-state index in [4.69, 9.17) is 14.2 Å². The van der Waals surface area contributed by atoms with Crippen LogP contribution in [0.5, 0.6) is 0 Å². The summed E-state index contributed by atoms with van der Waals surface area (Å²) in [5.41, 5.74) is 0. The molecule has 0 aliphatic carbocycles. The van der Waals surface area contributed by atoms with Gasteiger partial charge in [-0.3, -0.25) is 14.4 Å². The van der Waals surface area contributed by atoms with Gasteiger partial charge in [0.15, 0.2) is 6.10 Å². The molecular formula is C57H92O6. The van der Waals surface area contributed by atoms with Gasteiger partial charge in [0, 0.05) is 19.3 Å². The maximum Gasteiger partial charge on any atom is 0.306 e. The number of unbranched alkanes of at least 4 members (excludes halogenated alkanes) is 19. The molecular weight excluding hydrogens is 781 g/mol. The van der Waals surface area contributed by atoms with Crippen LogP contribution in [0.2, 0.25) is 0 Å². The summed E-state index contributed by atoms with van der Waals surface area (Å²) >= 11 is 0. The summed E-state index contributed by atoms with van der Waals surface area (Å²) in [7, 11) is 0. The topological polar surface area (TPSA) is 78.9 Å². The molecule has 6 nitrogen and oxygen atoms in total. The van der Waals surface area contributed by atoms with Crippen LogP contribution in [0.4, 0.5) is 0 Å². The third-order valence-corrected chi connectivity index (χ3v) is 10.4. The first-order valence-corrected chi connectivity index (χ1v) is 25.5. The lowest BCUT2D eigenvalue weighted by molar-refractivity contribution is -0.167. The summed E-state index contributed by atoms with van der Waals surface area (Å²) in [6, 6.07) is 0. The summed E-state index contributed by atoms with van der Waals surface area (Å²) in [5.74, 6) is -1.03. The average molecular weight is 873 g/mol. The van der Waals surface area contributed by atoms with Crippen molar-refractivity contribution < 1.29 is 28.6 Å². The molecule has 0 saturated carbocycles. The zero-order valence-corrected chi connectivity index (χ0v) is 40.5. The quantitative estimate of drug-likeness (QED) is 0.0199. The Kier molecular flexibility index (Phi) is 47.5. The minimum Gasteiger partial charge on any atom is -0.462 e. The average Bonchev–Trinajstić information content (AvgIpc) is 3.28. The minimum atomic E-state index is -0.823. The number of hydrogen-bond donors (Lipinski definition) is 0. The van der Waals surface area contributed by atoms with E-state index in [9.17, 15) is 14.4 Å². The highest BCUT2D eigenvalue weighted by Gasteiger charge is 2.19. The Labute approximate surface area is 387 Å². The van der Waals surface area contributed by atoms with Gasteiger partial charge in [0.05, 0.1) is 0 Å². The molecule has 0 rings (SSSR count). The van der Waals surface area contributed by atoms with E-state index >= 15 is 0 Å². The third kappa shape index (κ3) is 49.0. The molecule has 0 aliphatic heterocycles. The molecule has 0 radical (unpaired) electrons. The van der Waals surface area contributed by atoms with Crippen molar-refractivity contribution >= 4 is 17.9 Å². The van der Waals surface area contributed by atoms with E-state index in [1.165, 1.54) is 64.2 Å². The molecule has 0 aromatic rings. The number of ether oxygens (including phenoxy) is 3. The van der Waals surface area contributed by atoms with Gasteiger partial charge < -0.3 is 14.2 Å². The molecule has 0 amide bonds. The molecule has 0 aromatic carbocycles. The predicted octanol–water partition coefficient (Wildman–Crippen LogP) is 16.8. The van der Waals surface area contributed by atoms with Crippen LogP contribution in [-0.4, -0.2) is 37.2 Å². The molecule has 0 fully saturated rings. The summed E-state index contributed by atoms with van der Waals surface area (Å²) in [4.78, 5) is 37.9. The summed E-state index contributed by atoms with van der Waals surface area (Å²) in [6.07, 6.45) is 67.9. The maximum absolute atomic E-state index is 12.8. The van der Waals surface area contributed by atoms with E-state index in [0.29, 0.717) is 19.3 Å². The van der Waals surface area contributed by atoms with Crippen LogP contribution in [0, 0.1) is 0 Å². The zero-order valence-electron chi connectivity index (χ0n) is 40.5. The van der Waals surface area contributed by atoms with Gasteiger partial charge in [0.25, 0.3) is 0 Å². The molecule has 0 aliphatic rings. The molecule has 0 bridgehead atoms. The first-order chi connectivity index (χ1) is 31.0. The summed E-state index contributed by atoms with van der Waals surface area (Å²) in [5, 5.41) is 0. The van der Waals surface area contributed by atoms with Crippen LogP contribution in [0.3, 0.4) is 0 Å². The van der Waals surface area contributed by atoms with Crippen molar-refractivity contribution in [1.82, 2.24) is 0 Å². The second-order valence-corrected chi connectivity index (χ2v) is 16.5. The fourth-order valence-electron chi connectivity index (χ4n) is 6.53. The van der Waals surface area contributed by atoms with Gasteiger partial charge in [-0.25, -0.2) is 0 Å². The highest BCUT2D eigenvalue weighted by Crippen LogP contribution is 2.12. The Balaban J connectivity index is 4.53. The predicted molar refractivity (Wildman–Crippen MR) is 270 cm³/mol. The van der Waals surface area contributed by atoms with E-state index in [1.54, 1.807) is 0 Å². The number of carbonyl (C=O) groups is 3. The van der Waals surface area contributed by atoms with Crippen molar-refractivity contribution in [1.29, 1.82) is 0 Å². The fourth-order valence-corrected chi connectivity index (χ4v) is 6.53. The Hall–Kier alpha value is -3.93. The van der Waals surface area contributed by atoms with Gasteiger partial charge in [-0.05, 0) is 96.3 Å². The van der Waals surface area contributed by atoms with Crippen LogP contribution >= 0.6 is 0 Å². The largest absolute Gasteiger partial charge is 0.462 e. The fraction of sp³-hybridized carbons (Fsp3) is 0.632. The minimum absolute atomic E-state index is 0.119. The molecule has 0 aromatic heterocycles. The van der Waals surface area contributed by atoms with Crippen LogP contribution in [-0.2, 0) is 28.6 Å². The van der Waals surface area contributed by atoms with Crippen molar-refractivity contribution in [2.45, 2.75) is 219 Å². The number of rotatable bonds is 44. The van der Waals surface area contributed by atoms with Gasteiger partial charge in [-0.1, -0.05) is 207 Å². The lowest BCUT2D eigenvalue weighted by Gasteiger charge is -2.18. The molecule has 0 heterocycles. The molecule has 0 saturated heterocycles. The second-order valence-electron chi connectivity index (χ2n) is 16.5. The number of carbonyl (C=O) groups excluding carboxylic acids is 3. The highest BCUT2D eigenvalue weighted by molar-refractivity contribution is 5.71. The van der Waals surface area contributed by atoms with Crippen molar-refractivity contribution in [2.24, 2.45) is 0 Å². The normalized spacial score (nSPS) is 13.0. The van der Waals surface area contributed by atoms with Crippen molar-refractivity contribution in [2.75, 3.05) is 13.2 Å². The van der Waals surface area contributed by atoms with Crippen molar-refractivity contribution in [3.8, 4) is 0 Å². The second kappa shape index (κ2) is 50.7. The van der Waals surface area contributed by atoms with Gasteiger partial charge in [-0.15, -0.1) is 0 Å². The maximum atomic E-state index is 12.8. The van der Waals surface area contributed by atoms with E-state index in [2.05, 4.69) is 130 Å². The smallest absolute Gasteiger partial charge is 0.306 e. The SMILES string of the molecule is CC/C=C\C/C=C\C/C=C\CCCC(=O)OCC(COC(=O)CCCCCCC\C=C/C=C\C=C/C=C\CCCCC)OC(=O)CCCCC/C=C\C=C/CCCCCCCCC. The number of hydrogen-bond acceptors (Lipinski definition) is 6. The first kappa shape index (κ1) is 59.1. The van der Waals surface area contributed by atoms with Crippen molar-refractivity contribution in [3.05, 3.63) is 109 Å². The van der Waals surface area contributed by atoms with Crippen molar-refractivity contribution in [3.63, 3.8) is 0 Å². The monoisotopic (exact) mass is 873 g/mol. The van der Waals surface area contributed by atoms with E-state index in [0.717, 1.165) is 96.3 Å². The molecule has 0 N–H and O–H groups in total. The standard InChI is InChI=1S/C57H92O6/c1-4-7-10-13-16-19-22-24-26-28-29-31-32-35-38-41-44-47-50-56(59)62-53-54(52-61-55(58)49-46-43-40-37-34-21-18-15-12-9-6-3)63-57(60)51-48-45-42-39-36-33-30-27-25-23-20-17-14-11-8-5-2/h9,12,16,18-19,21-22,24,26-31,33,36-37,40,54H,4-8,10-11,13-15,17,20,23,25,32,34-35,38-39,41-53H2,1-3H3/b12-9-,19-16-,21-18-,24-22-,28-26-,30-27-,31-29-,36-33-,40-37-. The molecule has 6 heteroatoms. The van der Waals surface area contributed by atoms with Gasteiger partial charge >= 0.3 is 17.9 Å². The van der Waals surface area contributed by atoms with Gasteiger partial charge in [0.2, 0.25) is 0 Å². The Morgan fingerprint density at radius 1 is 0.349 bits per heavy atom. The first-order valence-electron chi connectivity index (χ1n) is 25.5. The third-order valence-electron chi connectivity index (χ3n) is 10.4. The van der Waals surface area contributed by atoms with Gasteiger partial charge in [0.1, 0.15) is 13.2 Å². The van der Waals surface area contributed by atoms with Gasteiger partial charge in [-0.2, -0.15) is 0 Å². The Morgan fingerprint density at radius 2 is 0.698 bits per heavy atom. The van der Waals surface area contributed by atoms with E-state index in [1.807, 2.05) is 0 Å². The van der Waals surface area contributed by atoms with Crippen LogP contribution in [0.1, 0.15) is 213 Å². The molecule has 356 valence electrons. The zero-order chi connectivity index (χ0) is 45.8. The van der Waals surface area contributed by atoms with Crippen LogP contribution < -0.4 is 0 Å². The van der Waals surface area contributed by atoms with E-state index in [-0.39, 0.29) is 44.0 Å². The summed E-state index contributed by atoms with van der Waals surface area (Å²) in [6.45, 7) is 6.37. The molecule has 1 atom stereocenters. The highest BCUT2D eigenvalue weighted by atomic mass is 16.6. The van der Waals surface area contributed by atoms with Crippen LogP contribution in [0.25, 0.3) is 0 Å². The number of allylic oxidation sites excluding steroid dienone is 18. The van der Waals surface area contributed by atoms with E-state index < -0.39 is 6.10 Å².